The van der Waals surface area contributed by atoms with E-state index in [1.807, 2.05) is 42.5 Å². The second-order valence-electron chi connectivity index (χ2n) is 9.65. The van der Waals surface area contributed by atoms with Crippen molar-refractivity contribution in [3.8, 4) is 5.75 Å². The van der Waals surface area contributed by atoms with Crippen LogP contribution in [0.25, 0.3) is 11.0 Å². The maximum atomic E-state index is 11.6. The van der Waals surface area contributed by atoms with Crippen molar-refractivity contribution < 1.29 is 14.6 Å². The minimum atomic E-state index is -0.982. The van der Waals surface area contributed by atoms with Gasteiger partial charge >= 0.3 is 5.97 Å². The van der Waals surface area contributed by atoms with Gasteiger partial charge in [0.2, 0.25) is 0 Å². The van der Waals surface area contributed by atoms with Gasteiger partial charge < -0.3 is 19.8 Å². The normalized spacial score (nSPS) is 18.7. The molecule has 37 heavy (non-hydrogen) atoms. The van der Waals surface area contributed by atoms with Crippen LogP contribution < -0.4 is 4.74 Å². The van der Waals surface area contributed by atoms with Gasteiger partial charge in [0.1, 0.15) is 17.7 Å². The molecule has 6 heteroatoms. The predicted octanol–water partition coefficient (Wildman–Crippen LogP) is 6.79. The van der Waals surface area contributed by atoms with Crippen LogP contribution >= 0.6 is 0 Å². The number of carboxylic acids is 1. The summed E-state index contributed by atoms with van der Waals surface area (Å²) in [4.78, 5) is 16.5. The van der Waals surface area contributed by atoms with Gasteiger partial charge in [-0.15, -0.1) is 13.2 Å². The third-order valence-electron chi connectivity index (χ3n) is 7.28. The first-order chi connectivity index (χ1) is 17.8. The summed E-state index contributed by atoms with van der Waals surface area (Å²) in [5.41, 5.74) is 2.50. The Bertz CT molecular complexity index is 1340. The minimum Gasteiger partial charge on any atom is -0.482 e. The fourth-order valence-corrected chi connectivity index (χ4v) is 5.30. The van der Waals surface area contributed by atoms with Crippen molar-refractivity contribution in [1.29, 1.82) is 5.41 Å². The third-order valence-corrected chi connectivity index (χ3v) is 7.28. The van der Waals surface area contributed by atoms with E-state index in [1.54, 1.807) is 24.3 Å². The van der Waals surface area contributed by atoms with Crippen LogP contribution in [0.3, 0.4) is 0 Å². The number of rotatable bonds is 11. The van der Waals surface area contributed by atoms with Crippen LogP contribution in [0.4, 0.5) is 0 Å². The van der Waals surface area contributed by atoms with E-state index in [9.17, 15) is 9.90 Å². The Hall–Kier alpha value is -4.19. The predicted molar refractivity (Wildman–Crippen MR) is 149 cm³/mol. The highest BCUT2D eigenvalue weighted by Crippen LogP contribution is 2.47. The SMILES string of the molecule is C=CC(C=C)Oc1ccc(Cc2nc3cc(C(=O)O)ccc3n2[C@@H]2C[C@H](C=N)CC(C=C)(C=C)C2)cc1. The molecule has 0 saturated heterocycles. The van der Waals surface area contributed by atoms with Gasteiger partial charge in [-0.05, 0) is 79.4 Å². The molecule has 2 N–H and O–H groups in total. The summed E-state index contributed by atoms with van der Waals surface area (Å²) >= 11 is 0. The van der Waals surface area contributed by atoms with E-state index < -0.39 is 5.97 Å². The number of nitrogens with zero attached hydrogens (tertiary/aromatic N) is 2. The molecule has 0 radical (unpaired) electrons. The number of hydrogen-bond donors (Lipinski definition) is 2. The number of benzene rings is 2. The van der Waals surface area contributed by atoms with Crippen LogP contribution in [0, 0.1) is 16.7 Å². The van der Waals surface area contributed by atoms with Crippen LogP contribution in [0.5, 0.6) is 5.75 Å². The molecule has 190 valence electrons. The lowest BCUT2D eigenvalue weighted by Gasteiger charge is -2.41. The van der Waals surface area contributed by atoms with Gasteiger partial charge in [0.05, 0.1) is 16.6 Å². The summed E-state index contributed by atoms with van der Waals surface area (Å²) in [5, 5.41) is 17.5. The number of hydrogen-bond acceptors (Lipinski definition) is 4. The highest BCUT2D eigenvalue weighted by molar-refractivity contribution is 5.92. The van der Waals surface area contributed by atoms with Crippen LogP contribution in [-0.2, 0) is 6.42 Å². The number of aromatic nitrogens is 2. The molecule has 2 aromatic carbocycles. The van der Waals surface area contributed by atoms with Crippen molar-refractivity contribution in [2.75, 3.05) is 0 Å². The number of imidazole rings is 1. The van der Waals surface area contributed by atoms with E-state index in [2.05, 4.69) is 30.9 Å². The lowest BCUT2D eigenvalue weighted by atomic mass is 9.68. The smallest absolute Gasteiger partial charge is 0.335 e. The molecule has 1 aromatic heterocycles. The van der Waals surface area contributed by atoms with E-state index in [1.165, 1.54) is 6.21 Å². The summed E-state index contributed by atoms with van der Waals surface area (Å²) in [6.07, 6.45) is 11.5. The van der Waals surface area contributed by atoms with Gasteiger partial charge in [-0.2, -0.15) is 0 Å². The zero-order chi connectivity index (χ0) is 26.6. The lowest BCUT2D eigenvalue weighted by molar-refractivity contribution is 0.0697. The molecule has 3 aromatic rings. The maximum Gasteiger partial charge on any atom is 0.335 e. The van der Waals surface area contributed by atoms with Crippen molar-refractivity contribution in [3.05, 3.63) is 110 Å². The quantitative estimate of drug-likeness (QED) is 0.226. The molecule has 1 aliphatic carbocycles. The van der Waals surface area contributed by atoms with Crippen molar-refractivity contribution in [1.82, 2.24) is 9.55 Å². The second kappa shape index (κ2) is 10.8. The van der Waals surface area contributed by atoms with Gasteiger partial charge in [0.15, 0.2) is 0 Å². The van der Waals surface area contributed by atoms with Crippen molar-refractivity contribution >= 4 is 23.2 Å². The van der Waals surface area contributed by atoms with Gasteiger partial charge in [0.25, 0.3) is 0 Å². The molecular weight excluding hydrogens is 462 g/mol. The first-order valence-electron chi connectivity index (χ1n) is 12.4. The first-order valence-corrected chi connectivity index (χ1v) is 12.4. The molecule has 0 unspecified atom stereocenters. The number of nitrogens with one attached hydrogen (secondary N) is 1. The van der Waals surface area contributed by atoms with Crippen LogP contribution in [0.15, 0.2) is 93.1 Å². The Morgan fingerprint density at radius 2 is 1.84 bits per heavy atom. The second-order valence-corrected chi connectivity index (χ2v) is 9.65. The highest BCUT2D eigenvalue weighted by Gasteiger charge is 2.38. The topological polar surface area (TPSA) is 88.2 Å². The molecule has 2 atom stereocenters. The number of allylic oxidation sites excluding steroid dienone is 2. The number of ether oxygens (including phenoxy) is 1. The number of carboxylic acid groups (broad SMARTS) is 1. The van der Waals surface area contributed by atoms with Gasteiger partial charge in [-0.1, -0.05) is 37.4 Å². The summed E-state index contributed by atoms with van der Waals surface area (Å²) in [6.45, 7) is 15.7. The number of aromatic carboxylic acids is 1. The maximum absolute atomic E-state index is 11.6. The summed E-state index contributed by atoms with van der Waals surface area (Å²) in [6, 6.07) is 13.0. The average Bonchev–Trinajstić information content (AvgIpc) is 3.29. The molecular formula is C31H33N3O3. The molecule has 0 bridgehead atoms. The Balaban J connectivity index is 1.75. The Morgan fingerprint density at radius 1 is 1.14 bits per heavy atom. The average molecular weight is 496 g/mol. The zero-order valence-electron chi connectivity index (χ0n) is 21.0. The molecule has 1 aliphatic rings. The van der Waals surface area contributed by atoms with Gasteiger partial charge in [-0.3, -0.25) is 0 Å². The Labute approximate surface area is 217 Å². The minimum absolute atomic E-state index is 0.0515. The molecule has 0 amide bonds. The van der Waals surface area contributed by atoms with E-state index >= 15 is 0 Å². The largest absolute Gasteiger partial charge is 0.482 e. The zero-order valence-corrected chi connectivity index (χ0v) is 21.0. The van der Waals surface area contributed by atoms with Gasteiger partial charge in [-0.25, -0.2) is 9.78 Å². The monoisotopic (exact) mass is 495 g/mol. The van der Waals surface area contributed by atoms with Crippen LogP contribution in [0.1, 0.15) is 47.1 Å². The number of fused-ring (bicyclic) bond motifs is 1. The molecule has 1 heterocycles. The first kappa shape index (κ1) is 25.9. The molecule has 1 fully saturated rings. The molecule has 0 aliphatic heterocycles. The van der Waals surface area contributed by atoms with Gasteiger partial charge in [0, 0.05) is 17.9 Å². The molecule has 1 saturated carbocycles. The Morgan fingerprint density at radius 3 is 2.43 bits per heavy atom. The van der Waals surface area contributed by atoms with Crippen molar-refractivity contribution in [3.63, 3.8) is 0 Å². The van der Waals surface area contributed by atoms with E-state index in [0.29, 0.717) is 11.9 Å². The third kappa shape index (κ3) is 5.33. The van der Waals surface area contributed by atoms with E-state index in [4.69, 9.17) is 15.1 Å². The van der Waals surface area contributed by atoms with Crippen LogP contribution in [-0.4, -0.2) is 32.9 Å². The summed E-state index contributed by atoms with van der Waals surface area (Å²) in [5.74, 6) is 0.664. The molecule has 4 rings (SSSR count). The summed E-state index contributed by atoms with van der Waals surface area (Å²) < 4.78 is 8.07. The summed E-state index contributed by atoms with van der Waals surface area (Å²) in [7, 11) is 0. The lowest BCUT2D eigenvalue weighted by Crippen LogP contribution is -2.33. The highest BCUT2D eigenvalue weighted by atomic mass is 16.5. The fraction of sp³-hybridized carbons (Fsp3) is 0.258. The standard InChI is InChI=1S/C31H33N3O3/c1-5-25(6-2)37-26-12-9-21(10-13-26)16-29-33-27-17-23(30(35)36)11-14-28(27)34(29)24-15-22(20-32)18-31(7-3,8-4)19-24/h5-14,17,20,22,24-25,32H,1-4,15-16,18-19H2,(H,35,36)/t22-,24+/m0/s1. The van der Waals surface area contributed by atoms with Crippen LogP contribution in [0.2, 0.25) is 0 Å². The number of carbonyl (C=O) groups is 1. The van der Waals surface area contributed by atoms with E-state index in [0.717, 1.165) is 41.9 Å². The Kier molecular flexibility index (Phi) is 7.58. The fourth-order valence-electron chi connectivity index (χ4n) is 5.30. The molecule has 6 nitrogen and oxygen atoms in total. The van der Waals surface area contributed by atoms with Crippen molar-refractivity contribution in [2.45, 2.75) is 37.8 Å². The van der Waals surface area contributed by atoms with E-state index in [-0.39, 0.29) is 29.0 Å². The van der Waals surface area contributed by atoms with Crippen molar-refractivity contribution in [2.24, 2.45) is 11.3 Å². The molecule has 0 spiro atoms.